The average Bonchev–Trinajstić information content (AvgIpc) is 2.83. The number of aryl methyl sites for hydroxylation is 1. The van der Waals surface area contributed by atoms with E-state index in [0.717, 1.165) is 63.5 Å². The van der Waals surface area contributed by atoms with E-state index in [1.165, 1.54) is 12.8 Å². The van der Waals surface area contributed by atoms with Gasteiger partial charge in [-0.3, -0.25) is 4.79 Å². The Morgan fingerprint density at radius 3 is 2.64 bits per heavy atom. The van der Waals surface area contributed by atoms with Crippen molar-refractivity contribution in [2.45, 2.75) is 45.4 Å². The van der Waals surface area contributed by atoms with E-state index in [0.29, 0.717) is 5.91 Å². The maximum absolute atomic E-state index is 12.8. The second-order valence-corrected chi connectivity index (χ2v) is 6.52. The highest BCUT2D eigenvalue weighted by Crippen LogP contribution is 2.23. The smallest absolute Gasteiger partial charge is 0.227 e. The van der Waals surface area contributed by atoms with Crippen LogP contribution in [0.2, 0.25) is 0 Å². The molecule has 120 valence electrons. The maximum atomic E-state index is 12.8. The fourth-order valence-electron chi connectivity index (χ4n) is 3.50. The number of rotatable bonds is 2. The summed E-state index contributed by atoms with van der Waals surface area (Å²) in [5, 5.41) is 0. The van der Waals surface area contributed by atoms with Gasteiger partial charge in [-0.25, -0.2) is 9.97 Å². The van der Waals surface area contributed by atoms with Gasteiger partial charge in [0.15, 0.2) is 0 Å². The van der Waals surface area contributed by atoms with Gasteiger partial charge in [0.25, 0.3) is 0 Å². The molecule has 0 saturated carbocycles. The van der Waals surface area contributed by atoms with Crippen LogP contribution >= 0.6 is 0 Å². The van der Waals surface area contributed by atoms with E-state index in [-0.39, 0.29) is 5.92 Å². The first kappa shape index (κ1) is 15.3. The lowest BCUT2D eigenvalue weighted by atomic mass is 9.96. The predicted octanol–water partition coefficient (Wildman–Crippen LogP) is 2.40. The van der Waals surface area contributed by atoms with Crippen molar-refractivity contribution < 1.29 is 4.79 Å². The standard InChI is InChI=1S/C17H26N4O/c1-14-8-9-18-17(19-14)21-12-6-7-15(13-21)16(22)20-10-4-2-3-5-11-20/h8-9,15H,2-7,10-13H2,1H3/t15-/m1/s1. The third-order valence-corrected chi connectivity index (χ3v) is 4.75. The Hall–Kier alpha value is -1.65. The molecule has 2 aliphatic heterocycles. The molecule has 1 atom stereocenters. The minimum Gasteiger partial charge on any atom is -0.342 e. The number of hydrogen-bond acceptors (Lipinski definition) is 4. The lowest BCUT2D eigenvalue weighted by Crippen LogP contribution is -2.45. The van der Waals surface area contributed by atoms with E-state index in [2.05, 4.69) is 19.8 Å². The molecule has 0 aliphatic carbocycles. The number of hydrogen-bond donors (Lipinski definition) is 0. The molecule has 22 heavy (non-hydrogen) atoms. The van der Waals surface area contributed by atoms with Crippen LogP contribution < -0.4 is 4.90 Å². The molecule has 3 rings (SSSR count). The van der Waals surface area contributed by atoms with Crippen LogP contribution in [-0.2, 0) is 4.79 Å². The Kier molecular flexibility index (Phi) is 4.90. The number of likely N-dealkylation sites (tertiary alicyclic amines) is 1. The van der Waals surface area contributed by atoms with E-state index in [1.807, 2.05) is 13.0 Å². The van der Waals surface area contributed by atoms with E-state index in [4.69, 9.17) is 0 Å². The van der Waals surface area contributed by atoms with Gasteiger partial charge in [-0.05, 0) is 38.7 Å². The zero-order valence-electron chi connectivity index (χ0n) is 13.5. The van der Waals surface area contributed by atoms with Crippen molar-refractivity contribution >= 4 is 11.9 Å². The Morgan fingerprint density at radius 2 is 1.91 bits per heavy atom. The van der Waals surface area contributed by atoms with Crippen LogP contribution in [0.5, 0.6) is 0 Å². The third-order valence-electron chi connectivity index (χ3n) is 4.75. The Balaban J connectivity index is 1.65. The molecule has 1 amide bonds. The van der Waals surface area contributed by atoms with Crippen LogP contribution in [0.4, 0.5) is 5.95 Å². The highest BCUT2D eigenvalue weighted by molar-refractivity contribution is 5.79. The van der Waals surface area contributed by atoms with Crippen LogP contribution in [0.1, 0.15) is 44.2 Å². The summed E-state index contributed by atoms with van der Waals surface area (Å²) in [5.74, 6) is 1.23. The van der Waals surface area contributed by atoms with Crippen molar-refractivity contribution in [2.24, 2.45) is 5.92 Å². The molecule has 0 aromatic carbocycles. The van der Waals surface area contributed by atoms with Gasteiger partial charge in [0, 0.05) is 38.1 Å². The fraction of sp³-hybridized carbons (Fsp3) is 0.706. The normalized spacial score (nSPS) is 23.2. The number of carbonyl (C=O) groups is 1. The third kappa shape index (κ3) is 3.57. The molecule has 1 aromatic heterocycles. The number of nitrogens with zero attached hydrogens (tertiary/aromatic N) is 4. The van der Waals surface area contributed by atoms with Crippen molar-refractivity contribution in [1.29, 1.82) is 0 Å². The molecule has 5 nitrogen and oxygen atoms in total. The number of aromatic nitrogens is 2. The van der Waals surface area contributed by atoms with Gasteiger partial charge in [-0.2, -0.15) is 0 Å². The van der Waals surface area contributed by atoms with Crippen LogP contribution in [0.25, 0.3) is 0 Å². The molecule has 0 spiro atoms. The Bertz CT molecular complexity index is 511. The lowest BCUT2D eigenvalue weighted by molar-refractivity contribution is -0.135. The number of amides is 1. The number of piperidine rings is 1. The highest BCUT2D eigenvalue weighted by Gasteiger charge is 2.30. The molecular formula is C17H26N4O. The van der Waals surface area contributed by atoms with Crippen molar-refractivity contribution in [2.75, 3.05) is 31.1 Å². The first-order chi connectivity index (χ1) is 10.7. The summed E-state index contributed by atoms with van der Waals surface area (Å²) < 4.78 is 0. The van der Waals surface area contributed by atoms with Gasteiger partial charge in [0.1, 0.15) is 0 Å². The van der Waals surface area contributed by atoms with Gasteiger partial charge in [-0.15, -0.1) is 0 Å². The van der Waals surface area contributed by atoms with Crippen LogP contribution in [0, 0.1) is 12.8 Å². The van der Waals surface area contributed by atoms with Crippen molar-refractivity contribution in [3.8, 4) is 0 Å². The summed E-state index contributed by atoms with van der Waals surface area (Å²) in [6, 6.07) is 1.91. The van der Waals surface area contributed by atoms with Gasteiger partial charge >= 0.3 is 0 Å². The van der Waals surface area contributed by atoms with Gasteiger partial charge in [0.2, 0.25) is 11.9 Å². The predicted molar refractivity (Wildman–Crippen MR) is 86.8 cm³/mol. The molecule has 0 unspecified atom stereocenters. The van der Waals surface area contributed by atoms with Gasteiger partial charge < -0.3 is 9.80 Å². The molecule has 3 heterocycles. The van der Waals surface area contributed by atoms with Crippen molar-refractivity contribution in [1.82, 2.24) is 14.9 Å². The molecule has 1 aromatic rings. The molecule has 5 heteroatoms. The van der Waals surface area contributed by atoms with Gasteiger partial charge in [-0.1, -0.05) is 12.8 Å². The quantitative estimate of drug-likeness (QED) is 0.842. The molecule has 2 fully saturated rings. The number of carbonyl (C=O) groups excluding carboxylic acids is 1. The molecule has 2 aliphatic rings. The molecule has 0 bridgehead atoms. The lowest BCUT2D eigenvalue weighted by Gasteiger charge is -2.34. The average molecular weight is 302 g/mol. The van der Waals surface area contributed by atoms with Crippen LogP contribution in [0.15, 0.2) is 12.3 Å². The van der Waals surface area contributed by atoms with Crippen molar-refractivity contribution in [3.05, 3.63) is 18.0 Å². The van der Waals surface area contributed by atoms with Gasteiger partial charge in [0.05, 0.1) is 5.92 Å². The fourth-order valence-corrected chi connectivity index (χ4v) is 3.50. The second-order valence-electron chi connectivity index (χ2n) is 6.52. The Morgan fingerprint density at radius 1 is 1.14 bits per heavy atom. The van der Waals surface area contributed by atoms with Crippen LogP contribution in [0.3, 0.4) is 0 Å². The van der Waals surface area contributed by atoms with E-state index >= 15 is 0 Å². The summed E-state index contributed by atoms with van der Waals surface area (Å²) in [6.45, 7) is 5.58. The summed E-state index contributed by atoms with van der Waals surface area (Å²) in [5.41, 5.74) is 0.978. The summed E-state index contributed by atoms with van der Waals surface area (Å²) in [4.78, 5) is 26.0. The van der Waals surface area contributed by atoms with E-state index in [9.17, 15) is 4.79 Å². The first-order valence-corrected chi connectivity index (χ1v) is 8.57. The van der Waals surface area contributed by atoms with Crippen LogP contribution in [-0.4, -0.2) is 47.0 Å². The maximum Gasteiger partial charge on any atom is 0.227 e. The monoisotopic (exact) mass is 302 g/mol. The summed E-state index contributed by atoms with van der Waals surface area (Å²) >= 11 is 0. The second kappa shape index (κ2) is 7.07. The van der Waals surface area contributed by atoms with E-state index in [1.54, 1.807) is 6.20 Å². The molecule has 2 saturated heterocycles. The first-order valence-electron chi connectivity index (χ1n) is 8.57. The molecular weight excluding hydrogens is 276 g/mol. The van der Waals surface area contributed by atoms with E-state index < -0.39 is 0 Å². The largest absolute Gasteiger partial charge is 0.342 e. The topological polar surface area (TPSA) is 49.3 Å². The Labute approximate surface area is 132 Å². The zero-order valence-corrected chi connectivity index (χ0v) is 13.5. The highest BCUT2D eigenvalue weighted by atomic mass is 16.2. The van der Waals surface area contributed by atoms with Crippen molar-refractivity contribution in [3.63, 3.8) is 0 Å². The SMILES string of the molecule is Cc1ccnc(N2CCC[C@@H](C(=O)N3CCCCCC3)C2)n1. The number of anilines is 1. The molecule has 0 radical (unpaired) electrons. The minimum absolute atomic E-state index is 0.107. The summed E-state index contributed by atoms with van der Waals surface area (Å²) in [7, 11) is 0. The molecule has 0 N–H and O–H groups in total. The minimum atomic E-state index is 0.107. The summed E-state index contributed by atoms with van der Waals surface area (Å²) in [6.07, 6.45) is 8.68. The zero-order chi connectivity index (χ0) is 15.4.